The zero-order valence-electron chi connectivity index (χ0n) is 11.2. The van der Waals surface area contributed by atoms with E-state index in [1.807, 2.05) is 38.2 Å². The molecule has 19 heavy (non-hydrogen) atoms. The molecule has 0 aliphatic rings. The summed E-state index contributed by atoms with van der Waals surface area (Å²) in [4.78, 5) is 15.9. The van der Waals surface area contributed by atoms with Crippen LogP contribution >= 0.6 is 12.4 Å². The van der Waals surface area contributed by atoms with Crippen molar-refractivity contribution < 1.29 is 9.53 Å². The third-order valence-electron chi connectivity index (χ3n) is 3.01. The first-order chi connectivity index (χ1) is 8.63. The molecule has 0 spiro atoms. The van der Waals surface area contributed by atoms with Crippen molar-refractivity contribution in [2.45, 2.75) is 20.4 Å². The molecule has 0 unspecified atom stereocenters. The molecule has 0 saturated heterocycles. The number of imidazole rings is 1. The van der Waals surface area contributed by atoms with E-state index in [4.69, 9.17) is 4.74 Å². The van der Waals surface area contributed by atoms with Gasteiger partial charge in [0, 0.05) is 18.4 Å². The third kappa shape index (κ3) is 3.15. The van der Waals surface area contributed by atoms with Gasteiger partial charge in [-0.15, -0.1) is 12.4 Å². The predicted molar refractivity (Wildman–Crippen MR) is 75.8 cm³/mol. The van der Waals surface area contributed by atoms with Crippen LogP contribution in [-0.4, -0.2) is 22.6 Å². The minimum Gasteiger partial charge on any atom is -0.465 e. The van der Waals surface area contributed by atoms with Crippen LogP contribution in [0.4, 0.5) is 0 Å². The first kappa shape index (κ1) is 15.2. The van der Waals surface area contributed by atoms with Gasteiger partial charge in [0.05, 0.1) is 12.7 Å². The Morgan fingerprint density at radius 2 is 2.00 bits per heavy atom. The van der Waals surface area contributed by atoms with Crippen molar-refractivity contribution in [2.75, 3.05) is 7.11 Å². The standard InChI is InChI=1S/C14H16N2O2.ClH/c1-10-8-15-11(2)16(10)9-12-6-4-5-7-13(12)14(17)18-3;/h4-8H,9H2,1-3H3;1H. The SMILES string of the molecule is COC(=O)c1ccccc1Cn1c(C)cnc1C.Cl. The Kier molecular flexibility index (Phi) is 5.12. The molecule has 0 fully saturated rings. The van der Waals surface area contributed by atoms with Crippen molar-refractivity contribution in [2.24, 2.45) is 0 Å². The number of hydrogen-bond acceptors (Lipinski definition) is 3. The second-order valence-electron chi connectivity index (χ2n) is 4.18. The van der Waals surface area contributed by atoms with E-state index in [9.17, 15) is 4.79 Å². The number of rotatable bonds is 3. The second kappa shape index (κ2) is 6.38. The average molecular weight is 281 g/mol. The van der Waals surface area contributed by atoms with Crippen LogP contribution in [0.3, 0.4) is 0 Å². The number of hydrogen-bond donors (Lipinski definition) is 0. The first-order valence-electron chi connectivity index (χ1n) is 5.78. The van der Waals surface area contributed by atoms with Gasteiger partial charge in [0.25, 0.3) is 0 Å². The highest BCUT2D eigenvalue weighted by Gasteiger charge is 2.12. The molecule has 4 nitrogen and oxygen atoms in total. The average Bonchev–Trinajstić information content (AvgIpc) is 2.70. The molecule has 1 aromatic heterocycles. The second-order valence-corrected chi connectivity index (χ2v) is 4.18. The fourth-order valence-electron chi connectivity index (χ4n) is 1.96. The molecule has 0 N–H and O–H groups in total. The van der Waals surface area contributed by atoms with Gasteiger partial charge in [0.1, 0.15) is 5.82 Å². The topological polar surface area (TPSA) is 44.1 Å². The fourth-order valence-corrected chi connectivity index (χ4v) is 1.96. The van der Waals surface area contributed by atoms with Gasteiger partial charge in [0.2, 0.25) is 0 Å². The summed E-state index contributed by atoms with van der Waals surface area (Å²) < 4.78 is 6.86. The van der Waals surface area contributed by atoms with E-state index >= 15 is 0 Å². The number of carbonyl (C=O) groups is 1. The van der Waals surface area contributed by atoms with E-state index in [1.165, 1.54) is 7.11 Å². The Morgan fingerprint density at radius 3 is 2.58 bits per heavy atom. The molecule has 0 amide bonds. The molecule has 0 aliphatic heterocycles. The van der Waals surface area contributed by atoms with Gasteiger partial charge in [-0.1, -0.05) is 18.2 Å². The molecule has 102 valence electrons. The maximum atomic E-state index is 11.7. The van der Waals surface area contributed by atoms with Crippen LogP contribution in [0.5, 0.6) is 0 Å². The molecule has 0 saturated carbocycles. The zero-order chi connectivity index (χ0) is 13.1. The summed E-state index contributed by atoms with van der Waals surface area (Å²) in [5, 5.41) is 0. The quantitative estimate of drug-likeness (QED) is 0.812. The lowest BCUT2D eigenvalue weighted by molar-refractivity contribution is 0.0599. The van der Waals surface area contributed by atoms with E-state index in [-0.39, 0.29) is 18.4 Å². The number of methoxy groups -OCH3 is 1. The molecular weight excluding hydrogens is 264 g/mol. The number of benzene rings is 1. The summed E-state index contributed by atoms with van der Waals surface area (Å²) in [7, 11) is 1.40. The van der Waals surface area contributed by atoms with E-state index in [0.29, 0.717) is 12.1 Å². The maximum Gasteiger partial charge on any atom is 0.338 e. The minimum absolute atomic E-state index is 0. The summed E-state index contributed by atoms with van der Waals surface area (Å²) in [6.45, 7) is 4.58. The van der Waals surface area contributed by atoms with Crippen molar-refractivity contribution in [3.63, 3.8) is 0 Å². The van der Waals surface area contributed by atoms with Crippen LogP contribution in [0.25, 0.3) is 0 Å². The molecule has 1 aromatic carbocycles. The molecule has 0 atom stereocenters. The lowest BCUT2D eigenvalue weighted by Crippen LogP contribution is -2.10. The van der Waals surface area contributed by atoms with Gasteiger partial charge in [-0.2, -0.15) is 0 Å². The molecule has 0 aliphatic carbocycles. The largest absolute Gasteiger partial charge is 0.465 e. The van der Waals surface area contributed by atoms with Crippen molar-refractivity contribution in [3.05, 3.63) is 53.1 Å². The number of ether oxygens (including phenoxy) is 1. The number of halogens is 1. The monoisotopic (exact) mass is 280 g/mol. The van der Waals surface area contributed by atoms with E-state index in [2.05, 4.69) is 9.55 Å². The highest BCUT2D eigenvalue weighted by molar-refractivity contribution is 5.90. The Morgan fingerprint density at radius 1 is 1.32 bits per heavy atom. The molecular formula is C14H17ClN2O2. The lowest BCUT2D eigenvalue weighted by Gasteiger charge is -2.11. The van der Waals surface area contributed by atoms with E-state index in [0.717, 1.165) is 17.1 Å². The number of carbonyl (C=O) groups excluding carboxylic acids is 1. The molecule has 1 heterocycles. The minimum atomic E-state index is -0.305. The molecule has 0 bridgehead atoms. The lowest BCUT2D eigenvalue weighted by atomic mass is 10.1. The number of aryl methyl sites for hydroxylation is 2. The van der Waals surface area contributed by atoms with Gasteiger partial charge in [-0.05, 0) is 25.5 Å². The third-order valence-corrected chi connectivity index (χ3v) is 3.01. The molecule has 2 aromatic rings. The summed E-state index contributed by atoms with van der Waals surface area (Å²) in [6.07, 6.45) is 1.83. The van der Waals surface area contributed by atoms with Crippen molar-refractivity contribution >= 4 is 18.4 Å². The molecule has 0 radical (unpaired) electrons. The van der Waals surface area contributed by atoms with Crippen LogP contribution in [0.2, 0.25) is 0 Å². The Hall–Kier alpha value is -1.81. The predicted octanol–water partition coefficient (Wildman–Crippen LogP) is 2.76. The fraction of sp³-hybridized carbons (Fsp3) is 0.286. The van der Waals surface area contributed by atoms with Crippen molar-refractivity contribution in [1.82, 2.24) is 9.55 Å². The highest BCUT2D eigenvalue weighted by atomic mass is 35.5. The van der Waals surface area contributed by atoms with Crippen LogP contribution in [-0.2, 0) is 11.3 Å². The van der Waals surface area contributed by atoms with Crippen LogP contribution in [0.15, 0.2) is 30.5 Å². The maximum absolute atomic E-state index is 11.7. The van der Waals surface area contributed by atoms with Crippen LogP contribution in [0, 0.1) is 13.8 Å². The van der Waals surface area contributed by atoms with Crippen molar-refractivity contribution in [1.29, 1.82) is 0 Å². The summed E-state index contributed by atoms with van der Waals surface area (Å²) in [6, 6.07) is 7.47. The van der Waals surface area contributed by atoms with Gasteiger partial charge < -0.3 is 9.30 Å². The summed E-state index contributed by atoms with van der Waals surface area (Å²) >= 11 is 0. The summed E-state index contributed by atoms with van der Waals surface area (Å²) in [5.74, 6) is 0.633. The Labute approximate surface area is 118 Å². The van der Waals surface area contributed by atoms with Crippen molar-refractivity contribution in [3.8, 4) is 0 Å². The zero-order valence-corrected chi connectivity index (χ0v) is 12.0. The summed E-state index contributed by atoms with van der Waals surface area (Å²) in [5.41, 5.74) is 2.62. The van der Waals surface area contributed by atoms with E-state index < -0.39 is 0 Å². The van der Waals surface area contributed by atoms with Gasteiger partial charge in [-0.3, -0.25) is 0 Å². The number of esters is 1. The normalized spacial score (nSPS) is 9.84. The van der Waals surface area contributed by atoms with E-state index in [1.54, 1.807) is 6.07 Å². The molecule has 5 heteroatoms. The smallest absolute Gasteiger partial charge is 0.338 e. The van der Waals surface area contributed by atoms with Gasteiger partial charge in [-0.25, -0.2) is 9.78 Å². The highest BCUT2D eigenvalue weighted by Crippen LogP contribution is 2.14. The Balaban J connectivity index is 0.00000180. The Bertz CT molecular complexity index is 559. The molecule has 2 rings (SSSR count). The first-order valence-corrected chi connectivity index (χ1v) is 5.78. The number of aromatic nitrogens is 2. The number of nitrogens with zero attached hydrogens (tertiary/aromatic N) is 2. The van der Waals surface area contributed by atoms with Gasteiger partial charge >= 0.3 is 5.97 Å². The van der Waals surface area contributed by atoms with Crippen LogP contribution in [0.1, 0.15) is 27.4 Å². The van der Waals surface area contributed by atoms with Gasteiger partial charge in [0.15, 0.2) is 0 Å². The van der Waals surface area contributed by atoms with Crippen LogP contribution < -0.4 is 0 Å².